The molecule has 8 heteroatoms. The summed E-state index contributed by atoms with van der Waals surface area (Å²) in [6.07, 6.45) is -2.77. The summed E-state index contributed by atoms with van der Waals surface area (Å²) in [6, 6.07) is 8.97. The highest BCUT2D eigenvalue weighted by atomic mass is 19.4. The summed E-state index contributed by atoms with van der Waals surface area (Å²) in [5.74, 6) is 0.708. The maximum Gasteiger partial charge on any atom is 0.416 e. The zero-order valence-electron chi connectivity index (χ0n) is 15.1. The van der Waals surface area contributed by atoms with E-state index < -0.39 is 11.7 Å². The molecule has 3 rings (SSSR count). The third kappa shape index (κ3) is 5.03. The number of likely N-dealkylation sites (N-methyl/N-ethyl adjacent to an activating group) is 1. The van der Waals surface area contributed by atoms with Gasteiger partial charge < -0.3 is 14.2 Å². The molecule has 1 aromatic carbocycles. The number of anilines is 1. The minimum absolute atomic E-state index is 0.0149. The summed E-state index contributed by atoms with van der Waals surface area (Å²) < 4.78 is 43.9. The normalized spacial score (nSPS) is 15.8. The largest absolute Gasteiger partial charge is 0.467 e. The molecule has 2 heterocycles. The topological polar surface area (TPSA) is 39.9 Å². The molecule has 2 aromatic rings. The van der Waals surface area contributed by atoms with Crippen molar-refractivity contribution < 1.29 is 22.4 Å². The summed E-state index contributed by atoms with van der Waals surface area (Å²) in [5.41, 5.74) is -0.0807. The highest BCUT2D eigenvalue weighted by Crippen LogP contribution is 2.31. The molecule has 27 heavy (non-hydrogen) atoms. The smallest absolute Gasteiger partial charge is 0.416 e. The quantitative estimate of drug-likeness (QED) is 0.798. The molecular weight excluding hydrogens is 359 g/mol. The Balaban J connectivity index is 1.51. The van der Waals surface area contributed by atoms with Gasteiger partial charge in [0.1, 0.15) is 5.76 Å². The highest BCUT2D eigenvalue weighted by Gasteiger charge is 2.31. The van der Waals surface area contributed by atoms with E-state index in [1.54, 1.807) is 30.3 Å². The lowest BCUT2D eigenvalue weighted by molar-refractivity contribution is -0.137. The molecule has 0 N–H and O–H groups in total. The van der Waals surface area contributed by atoms with Crippen LogP contribution >= 0.6 is 0 Å². The van der Waals surface area contributed by atoms with Gasteiger partial charge in [0, 0.05) is 38.9 Å². The Morgan fingerprint density at radius 2 is 1.89 bits per heavy atom. The van der Waals surface area contributed by atoms with Crippen LogP contribution in [0.25, 0.3) is 0 Å². The maximum absolute atomic E-state index is 12.9. The highest BCUT2D eigenvalue weighted by molar-refractivity contribution is 5.78. The minimum atomic E-state index is -4.34. The number of amides is 1. The standard InChI is InChI=1S/C19H22F3N3O2/c1-23(13-17-6-3-11-27-17)18(26)14-24-7-9-25(10-8-24)16-5-2-4-15(12-16)19(20,21)22/h2-6,11-12H,7-10,13-14H2,1H3. The number of alkyl halides is 3. The van der Waals surface area contributed by atoms with Crippen molar-refractivity contribution in [2.75, 3.05) is 44.7 Å². The fourth-order valence-electron chi connectivity index (χ4n) is 3.08. The Kier molecular flexibility index (Phi) is 5.74. The molecule has 1 aliphatic heterocycles. The monoisotopic (exact) mass is 381 g/mol. The van der Waals surface area contributed by atoms with Gasteiger partial charge in [-0.25, -0.2) is 0 Å². The van der Waals surface area contributed by atoms with Gasteiger partial charge in [-0.1, -0.05) is 6.07 Å². The lowest BCUT2D eigenvalue weighted by Gasteiger charge is -2.36. The molecule has 0 bridgehead atoms. The molecule has 5 nitrogen and oxygen atoms in total. The van der Waals surface area contributed by atoms with E-state index in [2.05, 4.69) is 0 Å². The van der Waals surface area contributed by atoms with E-state index >= 15 is 0 Å². The lowest BCUT2D eigenvalue weighted by atomic mass is 10.1. The predicted molar refractivity (Wildman–Crippen MR) is 95.3 cm³/mol. The second kappa shape index (κ2) is 8.04. The predicted octanol–water partition coefficient (Wildman–Crippen LogP) is 3.08. The number of nitrogens with zero attached hydrogens (tertiary/aromatic N) is 3. The molecule has 1 fully saturated rings. The average molecular weight is 381 g/mol. The molecule has 0 aliphatic carbocycles. The van der Waals surface area contributed by atoms with Crippen molar-refractivity contribution in [3.05, 3.63) is 54.0 Å². The molecule has 0 unspecified atom stereocenters. The van der Waals surface area contributed by atoms with Crippen LogP contribution in [0.15, 0.2) is 47.1 Å². The van der Waals surface area contributed by atoms with Crippen LogP contribution in [0.3, 0.4) is 0 Å². The number of hydrogen-bond donors (Lipinski definition) is 0. The van der Waals surface area contributed by atoms with Gasteiger partial charge in [0.15, 0.2) is 0 Å². The fraction of sp³-hybridized carbons (Fsp3) is 0.421. The van der Waals surface area contributed by atoms with Crippen molar-refractivity contribution >= 4 is 11.6 Å². The lowest BCUT2D eigenvalue weighted by Crippen LogP contribution is -2.49. The molecule has 1 saturated heterocycles. The number of rotatable bonds is 5. The Morgan fingerprint density at radius 3 is 2.52 bits per heavy atom. The summed E-state index contributed by atoms with van der Waals surface area (Å²) in [4.78, 5) is 17.9. The molecule has 146 valence electrons. The van der Waals surface area contributed by atoms with Crippen LogP contribution in [0.2, 0.25) is 0 Å². The van der Waals surface area contributed by atoms with Crippen LogP contribution in [-0.2, 0) is 17.5 Å². The summed E-state index contributed by atoms with van der Waals surface area (Å²) in [7, 11) is 1.73. The van der Waals surface area contributed by atoms with Gasteiger partial charge in [0.05, 0.1) is 24.9 Å². The van der Waals surface area contributed by atoms with E-state index in [-0.39, 0.29) is 12.5 Å². The summed E-state index contributed by atoms with van der Waals surface area (Å²) in [6.45, 7) is 3.10. The van der Waals surface area contributed by atoms with E-state index in [1.807, 2.05) is 15.9 Å². The molecule has 1 aromatic heterocycles. The zero-order chi connectivity index (χ0) is 19.4. The zero-order valence-corrected chi connectivity index (χ0v) is 15.1. The van der Waals surface area contributed by atoms with Crippen LogP contribution in [0.5, 0.6) is 0 Å². The van der Waals surface area contributed by atoms with Crippen LogP contribution < -0.4 is 4.90 Å². The number of halogens is 3. The fourth-order valence-corrected chi connectivity index (χ4v) is 3.08. The van der Waals surface area contributed by atoms with Crippen LogP contribution in [0, 0.1) is 0 Å². The molecule has 0 atom stereocenters. The van der Waals surface area contributed by atoms with Crippen LogP contribution in [-0.4, -0.2) is 55.5 Å². The van der Waals surface area contributed by atoms with Gasteiger partial charge in [-0.15, -0.1) is 0 Å². The van der Waals surface area contributed by atoms with Crippen molar-refractivity contribution in [2.45, 2.75) is 12.7 Å². The van der Waals surface area contributed by atoms with Gasteiger partial charge in [0.25, 0.3) is 0 Å². The van der Waals surface area contributed by atoms with Gasteiger partial charge in [0.2, 0.25) is 5.91 Å². The first-order valence-corrected chi connectivity index (χ1v) is 8.74. The molecule has 0 radical (unpaired) electrons. The van der Waals surface area contributed by atoms with Crippen molar-refractivity contribution in [1.82, 2.24) is 9.80 Å². The van der Waals surface area contributed by atoms with Gasteiger partial charge in [-0.3, -0.25) is 9.69 Å². The Labute approximate surface area is 155 Å². The number of carbonyl (C=O) groups is 1. The number of furan rings is 1. The van der Waals surface area contributed by atoms with Crippen LogP contribution in [0.4, 0.5) is 18.9 Å². The number of piperazine rings is 1. The molecule has 1 amide bonds. The first-order valence-electron chi connectivity index (χ1n) is 8.74. The first-order chi connectivity index (χ1) is 12.8. The number of benzene rings is 1. The Hall–Kier alpha value is -2.48. The van der Waals surface area contributed by atoms with Crippen molar-refractivity contribution in [3.63, 3.8) is 0 Å². The van der Waals surface area contributed by atoms with Crippen LogP contribution in [0.1, 0.15) is 11.3 Å². The number of hydrogen-bond acceptors (Lipinski definition) is 4. The molecule has 1 aliphatic rings. The van der Waals surface area contributed by atoms with E-state index in [0.717, 1.165) is 11.8 Å². The maximum atomic E-state index is 12.9. The second-order valence-electron chi connectivity index (χ2n) is 6.64. The third-order valence-corrected chi connectivity index (χ3v) is 4.67. The molecule has 0 saturated carbocycles. The van der Waals surface area contributed by atoms with Gasteiger partial charge >= 0.3 is 6.18 Å². The van der Waals surface area contributed by atoms with Gasteiger partial charge in [-0.05, 0) is 30.3 Å². The Bertz CT molecular complexity index is 754. The molecule has 0 spiro atoms. The summed E-state index contributed by atoms with van der Waals surface area (Å²) in [5, 5.41) is 0. The molecular formula is C19H22F3N3O2. The van der Waals surface area contributed by atoms with E-state index in [1.165, 1.54) is 12.1 Å². The third-order valence-electron chi connectivity index (χ3n) is 4.67. The minimum Gasteiger partial charge on any atom is -0.467 e. The second-order valence-corrected chi connectivity index (χ2v) is 6.64. The number of carbonyl (C=O) groups excluding carboxylic acids is 1. The van der Waals surface area contributed by atoms with Gasteiger partial charge in [-0.2, -0.15) is 13.2 Å². The van der Waals surface area contributed by atoms with Crippen molar-refractivity contribution in [2.24, 2.45) is 0 Å². The van der Waals surface area contributed by atoms with Crippen molar-refractivity contribution in [3.8, 4) is 0 Å². The average Bonchev–Trinajstić information content (AvgIpc) is 3.15. The van der Waals surface area contributed by atoms with E-state index in [9.17, 15) is 18.0 Å². The van der Waals surface area contributed by atoms with E-state index in [0.29, 0.717) is 38.4 Å². The van der Waals surface area contributed by atoms with Crippen molar-refractivity contribution in [1.29, 1.82) is 0 Å². The first kappa shape index (κ1) is 19.3. The SMILES string of the molecule is CN(Cc1ccco1)C(=O)CN1CCN(c2cccc(C(F)(F)F)c2)CC1. The Morgan fingerprint density at radius 1 is 1.15 bits per heavy atom. The van der Waals surface area contributed by atoms with E-state index in [4.69, 9.17) is 4.42 Å². The summed E-state index contributed by atoms with van der Waals surface area (Å²) >= 11 is 0.